The van der Waals surface area contributed by atoms with E-state index in [-0.39, 0.29) is 18.9 Å². The van der Waals surface area contributed by atoms with Gasteiger partial charge in [-0.15, -0.1) is 0 Å². The molecule has 5 heteroatoms. The van der Waals surface area contributed by atoms with Crippen LogP contribution in [0.25, 0.3) is 0 Å². The van der Waals surface area contributed by atoms with Crippen LogP contribution in [-0.2, 0) is 13.2 Å². The second kappa shape index (κ2) is 6.25. The van der Waals surface area contributed by atoms with E-state index < -0.39 is 5.82 Å². The van der Waals surface area contributed by atoms with Crippen LogP contribution in [0.2, 0.25) is 0 Å². The van der Waals surface area contributed by atoms with E-state index in [9.17, 15) is 4.39 Å². The molecule has 0 radical (unpaired) electrons. The maximum Gasteiger partial charge on any atom is 0.161 e. The second-order valence-corrected chi connectivity index (χ2v) is 4.25. The molecule has 0 spiro atoms. The van der Waals surface area contributed by atoms with Crippen molar-refractivity contribution in [3.8, 4) is 11.5 Å². The number of benzene rings is 2. The number of aliphatic hydroxyl groups excluding tert-OH is 1. The van der Waals surface area contributed by atoms with E-state index in [4.69, 9.17) is 20.3 Å². The minimum Gasteiger partial charge on any atom is -0.493 e. The molecule has 20 heavy (non-hydrogen) atoms. The van der Waals surface area contributed by atoms with Crippen molar-refractivity contribution in [3.63, 3.8) is 0 Å². The normalized spacial score (nSPS) is 10.3. The molecule has 0 saturated carbocycles. The standard InChI is InChI=1S/C15H16FNO3/c1-19-14-7-10(8-18)5-6-13(14)20-9-11-3-2-4-12(17)15(11)16/h2-7,18H,8-9,17H2,1H3. The third kappa shape index (κ3) is 3.00. The Kier molecular flexibility index (Phi) is 4.42. The third-order valence-electron chi connectivity index (χ3n) is 2.90. The molecule has 0 heterocycles. The van der Waals surface area contributed by atoms with Gasteiger partial charge in [0.25, 0.3) is 0 Å². The Morgan fingerprint density at radius 2 is 2.00 bits per heavy atom. The number of ether oxygens (including phenoxy) is 2. The topological polar surface area (TPSA) is 64.7 Å². The maximum absolute atomic E-state index is 13.7. The summed E-state index contributed by atoms with van der Waals surface area (Å²) in [6.45, 7) is -0.0355. The Balaban J connectivity index is 2.16. The van der Waals surface area contributed by atoms with E-state index in [0.29, 0.717) is 22.6 Å². The zero-order chi connectivity index (χ0) is 14.5. The van der Waals surface area contributed by atoms with Crippen molar-refractivity contribution in [2.24, 2.45) is 0 Å². The largest absolute Gasteiger partial charge is 0.493 e. The van der Waals surface area contributed by atoms with Gasteiger partial charge in [-0.2, -0.15) is 0 Å². The summed E-state index contributed by atoms with van der Waals surface area (Å²) in [5, 5.41) is 9.06. The van der Waals surface area contributed by atoms with Crippen molar-refractivity contribution < 1.29 is 19.0 Å². The summed E-state index contributed by atoms with van der Waals surface area (Å²) in [5.41, 5.74) is 6.68. The van der Waals surface area contributed by atoms with E-state index in [1.165, 1.54) is 13.2 Å². The molecule has 0 bridgehead atoms. The van der Waals surface area contributed by atoms with Gasteiger partial charge in [-0.3, -0.25) is 0 Å². The van der Waals surface area contributed by atoms with Crippen molar-refractivity contribution in [2.45, 2.75) is 13.2 Å². The number of halogens is 1. The maximum atomic E-state index is 13.7. The summed E-state index contributed by atoms with van der Waals surface area (Å²) in [6.07, 6.45) is 0. The highest BCUT2D eigenvalue weighted by Gasteiger charge is 2.09. The van der Waals surface area contributed by atoms with Crippen molar-refractivity contribution in [1.29, 1.82) is 0 Å². The molecule has 0 amide bonds. The van der Waals surface area contributed by atoms with E-state index in [1.54, 1.807) is 30.3 Å². The molecule has 0 aromatic heterocycles. The Labute approximate surface area is 116 Å². The Morgan fingerprint density at radius 3 is 2.70 bits per heavy atom. The molecule has 3 N–H and O–H groups in total. The van der Waals surface area contributed by atoms with E-state index in [0.717, 1.165) is 0 Å². The van der Waals surface area contributed by atoms with Crippen molar-refractivity contribution in [1.82, 2.24) is 0 Å². The molecule has 2 rings (SSSR count). The molecule has 106 valence electrons. The van der Waals surface area contributed by atoms with Crippen LogP contribution in [0.4, 0.5) is 10.1 Å². The summed E-state index contributed by atoms with van der Waals surface area (Å²) in [5.74, 6) is 0.492. The predicted octanol–water partition coefficient (Wildman–Crippen LogP) is 2.49. The highest BCUT2D eigenvalue weighted by Crippen LogP contribution is 2.29. The van der Waals surface area contributed by atoms with Gasteiger partial charge in [-0.1, -0.05) is 18.2 Å². The lowest BCUT2D eigenvalue weighted by Gasteiger charge is -2.12. The molecule has 2 aromatic rings. The van der Waals surface area contributed by atoms with Gasteiger partial charge in [-0.25, -0.2) is 4.39 Å². The van der Waals surface area contributed by atoms with Crippen molar-refractivity contribution >= 4 is 5.69 Å². The monoisotopic (exact) mass is 277 g/mol. The molecule has 0 fully saturated rings. The number of hydrogen-bond donors (Lipinski definition) is 2. The number of aliphatic hydroxyl groups is 1. The molecule has 0 aliphatic rings. The van der Waals surface area contributed by atoms with Gasteiger partial charge in [0.2, 0.25) is 0 Å². The van der Waals surface area contributed by atoms with Gasteiger partial charge in [0.1, 0.15) is 6.61 Å². The quantitative estimate of drug-likeness (QED) is 0.824. The summed E-state index contributed by atoms with van der Waals surface area (Å²) in [6, 6.07) is 9.84. The Bertz CT molecular complexity index is 602. The molecular weight excluding hydrogens is 261 g/mol. The summed E-state index contributed by atoms with van der Waals surface area (Å²) in [4.78, 5) is 0. The number of anilines is 1. The van der Waals surface area contributed by atoms with Crippen LogP contribution < -0.4 is 15.2 Å². The van der Waals surface area contributed by atoms with E-state index in [2.05, 4.69) is 0 Å². The minimum atomic E-state index is -0.474. The Morgan fingerprint density at radius 1 is 1.20 bits per heavy atom. The molecule has 0 saturated heterocycles. The van der Waals surface area contributed by atoms with Crippen molar-refractivity contribution in [3.05, 3.63) is 53.3 Å². The SMILES string of the molecule is COc1cc(CO)ccc1OCc1cccc(N)c1F. The van der Waals surface area contributed by atoms with Gasteiger partial charge >= 0.3 is 0 Å². The second-order valence-electron chi connectivity index (χ2n) is 4.25. The average Bonchev–Trinajstić information content (AvgIpc) is 2.48. The first-order valence-corrected chi connectivity index (χ1v) is 6.09. The lowest BCUT2D eigenvalue weighted by Crippen LogP contribution is -2.02. The molecule has 0 aliphatic heterocycles. The summed E-state index contributed by atoms with van der Waals surface area (Å²) >= 11 is 0. The molecule has 0 atom stereocenters. The third-order valence-corrected chi connectivity index (χ3v) is 2.90. The fourth-order valence-electron chi connectivity index (χ4n) is 1.80. The fraction of sp³-hybridized carbons (Fsp3) is 0.200. The fourth-order valence-corrected chi connectivity index (χ4v) is 1.80. The van der Waals surface area contributed by atoms with Crippen LogP contribution in [0.15, 0.2) is 36.4 Å². The van der Waals surface area contributed by atoms with Crippen LogP contribution in [0, 0.1) is 5.82 Å². The highest BCUT2D eigenvalue weighted by molar-refractivity contribution is 5.44. The van der Waals surface area contributed by atoms with E-state index >= 15 is 0 Å². The van der Waals surface area contributed by atoms with Crippen LogP contribution in [0.3, 0.4) is 0 Å². The molecule has 2 aromatic carbocycles. The van der Waals surface area contributed by atoms with Crippen LogP contribution in [-0.4, -0.2) is 12.2 Å². The van der Waals surface area contributed by atoms with E-state index in [1.807, 2.05) is 0 Å². The average molecular weight is 277 g/mol. The smallest absolute Gasteiger partial charge is 0.161 e. The summed E-state index contributed by atoms with van der Waals surface area (Å²) in [7, 11) is 1.50. The number of nitrogens with two attached hydrogens (primary N) is 1. The number of nitrogen functional groups attached to an aromatic ring is 1. The van der Waals surface area contributed by atoms with Gasteiger partial charge in [0.05, 0.1) is 19.4 Å². The molecule has 0 unspecified atom stereocenters. The predicted molar refractivity (Wildman–Crippen MR) is 74.1 cm³/mol. The Hall–Kier alpha value is -2.27. The first-order chi connectivity index (χ1) is 9.65. The lowest BCUT2D eigenvalue weighted by molar-refractivity contribution is 0.272. The highest BCUT2D eigenvalue weighted by atomic mass is 19.1. The number of hydrogen-bond acceptors (Lipinski definition) is 4. The molecule has 0 aliphatic carbocycles. The number of rotatable bonds is 5. The first kappa shape index (κ1) is 14.1. The van der Waals surface area contributed by atoms with Gasteiger partial charge < -0.3 is 20.3 Å². The lowest BCUT2D eigenvalue weighted by atomic mass is 10.2. The van der Waals surface area contributed by atoms with Crippen LogP contribution in [0.1, 0.15) is 11.1 Å². The number of methoxy groups -OCH3 is 1. The molecule has 4 nitrogen and oxygen atoms in total. The van der Waals surface area contributed by atoms with Gasteiger partial charge in [-0.05, 0) is 23.8 Å². The van der Waals surface area contributed by atoms with Crippen molar-refractivity contribution in [2.75, 3.05) is 12.8 Å². The van der Waals surface area contributed by atoms with Gasteiger partial charge in [0.15, 0.2) is 17.3 Å². The van der Waals surface area contributed by atoms with Crippen LogP contribution in [0.5, 0.6) is 11.5 Å². The molecular formula is C15H16FNO3. The zero-order valence-electron chi connectivity index (χ0n) is 11.1. The first-order valence-electron chi connectivity index (χ1n) is 6.09. The summed E-state index contributed by atoms with van der Waals surface area (Å²) < 4.78 is 24.5. The zero-order valence-corrected chi connectivity index (χ0v) is 11.1. The van der Waals surface area contributed by atoms with Gasteiger partial charge in [0, 0.05) is 5.56 Å². The minimum absolute atomic E-state index is 0.0473. The van der Waals surface area contributed by atoms with Crippen LogP contribution >= 0.6 is 0 Å².